The Balaban J connectivity index is 2.52. The molecule has 1 aromatic heterocycles. The highest BCUT2D eigenvalue weighted by atomic mass is 19.4. The van der Waals surface area contributed by atoms with Gasteiger partial charge in [0.2, 0.25) is 0 Å². The molecule has 0 spiro atoms. The van der Waals surface area contributed by atoms with Crippen molar-refractivity contribution >= 4 is 5.97 Å². The zero-order valence-electron chi connectivity index (χ0n) is 9.60. The number of carboxylic acids is 1. The molecule has 1 aromatic carbocycles. The highest BCUT2D eigenvalue weighted by molar-refractivity contribution is 5.68. The van der Waals surface area contributed by atoms with Crippen LogP contribution in [0.15, 0.2) is 18.2 Å². The molecule has 2 rings (SSSR count). The average Bonchev–Trinajstić information content (AvgIpc) is 2.75. The van der Waals surface area contributed by atoms with Gasteiger partial charge in [0.15, 0.2) is 5.82 Å². The Morgan fingerprint density at radius 3 is 2.65 bits per heavy atom. The fourth-order valence-electron chi connectivity index (χ4n) is 1.51. The van der Waals surface area contributed by atoms with E-state index >= 15 is 0 Å². The monoisotopic (exact) mass is 290 g/mol. The molecular formula is C10H6F4N4O2. The smallest absolute Gasteiger partial charge is 0.416 e. The molecule has 2 aromatic rings. The van der Waals surface area contributed by atoms with Gasteiger partial charge in [-0.05, 0) is 28.6 Å². The van der Waals surface area contributed by atoms with Crippen LogP contribution in [0.1, 0.15) is 5.56 Å². The molecule has 0 amide bonds. The first-order chi connectivity index (χ1) is 9.29. The highest BCUT2D eigenvalue weighted by Gasteiger charge is 2.32. The lowest BCUT2D eigenvalue weighted by Crippen LogP contribution is -2.12. The maximum Gasteiger partial charge on any atom is 0.416 e. The molecule has 106 valence electrons. The normalized spacial score (nSPS) is 11.6. The summed E-state index contributed by atoms with van der Waals surface area (Å²) in [7, 11) is 0. The third-order valence-electron chi connectivity index (χ3n) is 2.35. The van der Waals surface area contributed by atoms with E-state index in [-0.39, 0.29) is 0 Å². The van der Waals surface area contributed by atoms with Gasteiger partial charge in [0.05, 0.1) is 11.1 Å². The maximum atomic E-state index is 13.6. The van der Waals surface area contributed by atoms with E-state index in [1.807, 2.05) is 0 Å². The summed E-state index contributed by atoms with van der Waals surface area (Å²) in [6.45, 7) is -0.696. The average molecular weight is 290 g/mol. The van der Waals surface area contributed by atoms with Gasteiger partial charge >= 0.3 is 12.1 Å². The number of carboxylic acid groups (broad SMARTS) is 1. The Morgan fingerprint density at radius 2 is 2.05 bits per heavy atom. The molecule has 0 aliphatic heterocycles. The Morgan fingerprint density at radius 1 is 1.35 bits per heavy atom. The Labute approximate surface area is 108 Å². The molecule has 0 aliphatic carbocycles. The fourth-order valence-corrected chi connectivity index (χ4v) is 1.51. The number of aromatic nitrogens is 4. The molecule has 20 heavy (non-hydrogen) atoms. The minimum absolute atomic E-state index is 0.393. The van der Waals surface area contributed by atoms with E-state index in [2.05, 4.69) is 15.5 Å². The van der Waals surface area contributed by atoms with Gasteiger partial charge in [-0.3, -0.25) is 4.79 Å². The fraction of sp³-hybridized carbons (Fsp3) is 0.200. The highest BCUT2D eigenvalue weighted by Crippen LogP contribution is 2.32. The van der Waals surface area contributed by atoms with Gasteiger partial charge in [-0.15, -0.1) is 5.10 Å². The number of hydrogen-bond acceptors (Lipinski definition) is 4. The van der Waals surface area contributed by atoms with Gasteiger partial charge in [-0.2, -0.15) is 13.2 Å². The van der Waals surface area contributed by atoms with Crippen LogP contribution >= 0.6 is 0 Å². The van der Waals surface area contributed by atoms with Crippen LogP contribution in [-0.2, 0) is 17.5 Å². The van der Waals surface area contributed by atoms with Crippen LogP contribution in [-0.4, -0.2) is 31.3 Å². The Bertz CT molecular complexity index is 653. The number of benzene rings is 1. The number of alkyl halides is 3. The first-order valence-corrected chi connectivity index (χ1v) is 5.14. The van der Waals surface area contributed by atoms with E-state index in [0.717, 1.165) is 0 Å². The number of tetrazole rings is 1. The lowest BCUT2D eigenvalue weighted by atomic mass is 10.1. The van der Waals surface area contributed by atoms with E-state index in [9.17, 15) is 22.4 Å². The molecule has 0 radical (unpaired) electrons. The number of rotatable bonds is 3. The summed E-state index contributed by atoms with van der Waals surface area (Å²) in [6.07, 6.45) is -4.66. The molecule has 1 heterocycles. The largest absolute Gasteiger partial charge is 0.480 e. The summed E-state index contributed by atoms with van der Waals surface area (Å²) in [5.74, 6) is -2.69. The van der Waals surface area contributed by atoms with E-state index in [1.165, 1.54) is 0 Å². The summed E-state index contributed by atoms with van der Waals surface area (Å²) in [5, 5.41) is 18.4. The van der Waals surface area contributed by atoms with Gasteiger partial charge < -0.3 is 5.11 Å². The van der Waals surface area contributed by atoms with E-state index in [4.69, 9.17) is 5.11 Å². The van der Waals surface area contributed by atoms with Gasteiger partial charge in [0.1, 0.15) is 12.4 Å². The van der Waals surface area contributed by atoms with Crippen LogP contribution in [0.2, 0.25) is 0 Å². The third-order valence-corrected chi connectivity index (χ3v) is 2.35. The summed E-state index contributed by atoms with van der Waals surface area (Å²) in [5.41, 5.74) is -1.61. The first kappa shape index (κ1) is 13.9. The van der Waals surface area contributed by atoms with Crippen LogP contribution in [0.4, 0.5) is 17.6 Å². The molecule has 0 fully saturated rings. The van der Waals surface area contributed by atoms with Crippen LogP contribution in [0.5, 0.6) is 0 Å². The van der Waals surface area contributed by atoms with Crippen molar-refractivity contribution in [1.82, 2.24) is 20.2 Å². The standard InChI is InChI=1S/C10H6F4N4O2/c11-7-2-1-5(10(12,13)14)3-6(7)9-15-16-17-18(9)4-8(19)20/h1-3H,4H2,(H,19,20). The second-order valence-corrected chi connectivity index (χ2v) is 3.75. The van der Waals surface area contributed by atoms with E-state index < -0.39 is 41.5 Å². The lowest BCUT2D eigenvalue weighted by Gasteiger charge is -2.09. The second-order valence-electron chi connectivity index (χ2n) is 3.75. The third kappa shape index (κ3) is 2.73. The summed E-state index contributed by atoms with van der Waals surface area (Å²) < 4.78 is 52.0. The Kier molecular flexibility index (Phi) is 3.38. The topological polar surface area (TPSA) is 80.9 Å². The first-order valence-electron chi connectivity index (χ1n) is 5.14. The van der Waals surface area contributed by atoms with Crippen molar-refractivity contribution in [3.05, 3.63) is 29.6 Å². The predicted molar refractivity (Wildman–Crippen MR) is 55.8 cm³/mol. The summed E-state index contributed by atoms with van der Waals surface area (Å²) in [6, 6.07) is 1.72. The molecule has 0 aliphatic rings. The molecule has 10 heteroatoms. The SMILES string of the molecule is O=C(O)Cn1nnnc1-c1cc(C(F)(F)F)ccc1F. The zero-order valence-corrected chi connectivity index (χ0v) is 9.60. The molecule has 0 atom stereocenters. The van der Waals surface area contributed by atoms with Crippen LogP contribution < -0.4 is 0 Å². The van der Waals surface area contributed by atoms with Gasteiger partial charge in [0, 0.05) is 0 Å². The van der Waals surface area contributed by atoms with Crippen molar-refractivity contribution in [2.75, 3.05) is 0 Å². The molecule has 1 N–H and O–H groups in total. The van der Waals surface area contributed by atoms with Crippen molar-refractivity contribution < 1.29 is 27.5 Å². The van der Waals surface area contributed by atoms with E-state index in [1.54, 1.807) is 0 Å². The van der Waals surface area contributed by atoms with Crippen molar-refractivity contribution in [3.63, 3.8) is 0 Å². The van der Waals surface area contributed by atoms with Crippen molar-refractivity contribution in [2.45, 2.75) is 12.7 Å². The molecule has 0 saturated heterocycles. The van der Waals surface area contributed by atoms with Crippen LogP contribution in [0.3, 0.4) is 0 Å². The van der Waals surface area contributed by atoms with Gasteiger partial charge in [-0.25, -0.2) is 9.07 Å². The zero-order chi connectivity index (χ0) is 14.9. The number of hydrogen-bond donors (Lipinski definition) is 1. The maximum absolute atomic E-state index is 13.6. The second kappa shape index (κ2) is 4.87. The molecule has 6 nitrogen and oxygen atoms in total. The number of carbonyl (C=O) groups is 1. The van der Waals surface area contributed by atoms with E-state index in [0.29, 0.717) is 22.9 Å². The minimum atomic E-state index is -4.66. The molecule has 0 saturated carbocycles. The predicted octanol–water partition coefficient (Wildman–Crippen LogP) is 1.58. The van der Waals surface area contributed by atoms with Crippen LogP contribution in [0, 0.1) is 5.82 Å². The number of halogens is 4. The number of aliphatic carboxylic acids is 1. The summed E-state index contributed by atoms with van der Waals surface area (Å²) in [4.78, 5) is 10.6. The summed E-state index contributed by atoms with van der Waals surface area (Å²) >= 11 is 0. The van der Waals surface area contributed by atoms with Crippen molar-refractivity contribution in [1.29, 1.82) is 0 Å². The van der Waals surface area contributed by atoms with Crippen LogP contribution in [0.25, 0.3) is 11.4 Å². The molecule has 0 bridgehead atoms. The van der Waals surface area contributed by atoms with Crippen molar-refractivity contribution in [2.24, 2.45) is 0 Å². The minimum Gasteiger partial charge on any atom is -0.480 e. The van der Waals surface area contributed by atoms with Crippen molar-refractivity contribution in [3.8, 4) is 11.4 Å². The molecular weight excluding hydrogens is 284 g/mol. The lowest BCUT2D eigenvalue weighted by molar-refractivity contribution is -0.138. The van der Waals surface area contributed by atoms with Gasteiger partial charge in [0.25, 0.3) is 0 Å². The molecule has 0 unspecified atom stereocenters. The van der Waals surface area contributed by atoms with Gasteiger partial charge in [-0.1, -0.05) is 0 Å². The quantitative estimate of drug-likeness (QED) is 0.868. The Hall–Kier alpha value is -2.52. The number of nitrogens with zero attached hydrogens (tertiary/aromatic N) is 4.